The Kier molecular flexibility index (Phi) is 5.43. The number of nitrogens with one attached hydrogen (secondary N) is 1. The second kappa shape index (κ2) is 6.38. The Hall–Kier alpha value is -0.580. The summed E-state index contributed by atoms with van der Waals surface area (Å²) >= 11 is 3.45. The van der Waals surface area contributed by atoms with Crippen molar-refractivity contribution in [3.63, 3.8) is 0 Å². The van der Waals surface area contributed by atoms with Gasteiger partial charge in [-0.1, -0.05) is 29.3 Å². The van der Waals surface area contributed by atoms with Gasteiger partial charge in [0.15, 0.2) is 0 Å². The van der Waals surface area contributed by atoms with Crippen LogP contribution in [0.2, 0.25) is 0 Å². The first-order chi connectivity index (χ1) is 8.00. The SMILES string of the molecule is CCCC(C)(CO)NCc1cc(O)ccc1Br. The maximum atomic E-state index is 9.43. The normalized spacial score (nSPS) is 14.6. The summed E-state index contributed by atoms with van der Waals surface area (Å²) in [4.78, 5) is 0. The summed E-state index contributed by atoms with van der Waals surface area (Å²) in [5, 5.41) is 22.2. The molecule has 1 aromatic carbocycles. The van der Waals surface area contributed by atoms with Crippen molar-refractivity contribution < 1.29 is 10.2 Å². The van der Waals surface area contributed by atoms with Crippen LogP contribution in [-0.4, -0.2) is 22.4 Å². The van der Waals surface area contributed by atoms with Crippen LogP contribution in [0.5, 0.6) is 5.75 Å². The minimum atomic E-state index is -0.264. The molecule has 1 unspecified atom stereocenters. The van der Waals surface area contributed by atoms with Crippen molar-refractivity contribution in [3.8, 4) is 5.75 Å². The monoisotopic (exact) mass is 301 g/mol. The fraction of sp³-hybridized carbons (Fsp3) is 0.538. The number of phenolic OH excluding ortho intramolecular Hbond substituents is 1. The van der Waals surface area contributed by atoms with Crippen LogP contribution < -0.4 is 5.32 Å². The number of aromatic hydroxyl groups is 1. The number of aliphatic hydroxyl groups is 1. The number of aliphatic hydroxyl groups excluding tert-OH is 1. The van der Waals surface area contributed by atoms with Gasteiger partial charge in [0.1, 0.15) is 5.75 Å². The largest absolute Gasteiger partial charge is 0.508 e. The lowest BCUT2D eigenvalue weighted by Gasteiger charge is -2.28. The average Bonchev–Trinajstić information content (AvgIpc) is 2.31. The van der Waals surface area contributed by atoms with Crippen molar-refractivity contribution in [2.24, 2.45) is 0 Å². The van der Waals surface area contributed by atoms with Crippen LogP contribution in [0.1, 0.15) is 32.3 Å². The van der Waals surface area contributed by atoms with E-state index in [1.54, 1.807) is 12.1 Å². The van der Waals surface area contributed by atoms with Gasteiger partial charge in [-0.3, -0.25) is 0 Å². The fourth-order valence-electron chi connectivity index (χ4n) is 1.78. The summed E-state index contributed by atoms with van der Waals surface area (Å²) in [7, 11) is 0. The van der Waals surface area contributed by atoms with Gasteiger partial charge in [0, 0.05) is 16.6 Å². The highest BCUT2D eigenvalue weighted by Gasteiger charge is 2.21. The van der Waals surface area contributed by atoms with Crippen LogP contribution in [0.3, 0.4) is 0 Å². The first-order valence-corrected chi connectivity index (χ1v) is 6.63. The zero-order valence-electron chi connectivity index (χ0n) is 10.3. The number of hydrogen-bond acceptors (Lipinski definition) is 3. The molecule has 3 nitrogen and oxygen atoms in total. The Morgan fingerprint density at radius 2 is 2.12 bits per heavy atom. The van der Waals surface area contributed by atoms with Crippen LogP contribution in [0.25, 0.3) is 0 Å². The molecule has 0 aromatic heterocycles. The number of phenols is 1. The number of benzene rings is 1. The van der Waals surface area contributed by atoms with E-state index < -0.39 is 0 Å². The predicted molar refractivity (Wildman–Crippen MR) is 73.0 cm³/mol. The number of rotatable bonds is 6. The molecule has 4 heteroatoms. The van der Waals surface area contributed by atoms with Gasteiger partial charge in [-0.2, -0.15) is 0 Å². The fourth-order valence-corrected chi connectivity index (χ4v) is 2.17. The molecule has 0 fully saturated rings. The summed E-state index contributed by atoms with van der Waals surface area (Å²) in [6.07, 6.45) is 1.94. The molecule has 96 valence electrons. The van der Waals surface area contributed by atoms with E-state index in [2.05, 4.69) is 28.2 Å². The highest BCUT2D eigenvalue weighted by Crippen LogP contribution is 2.22. The molecule has 0 saturated heterocycles. The maximum absolute atomic E-state index is 9.43. The van der Waals surface area contributed by atoms with Crippen molar-refractivity contribution in [2.45, 2.75) is 38.8 Å². The summed E-state index contributed by atoms with van der Waals surface area (Å²) in [5.74, 6) is 0.256. The van der Waals surface area contributed by atoms with Crippen molar-refractivity contribution >= 4 is 15.9 Å². The van der Waals surface area contributed by atoms with Gasteiger partial charge in [-0.05, 0) is 37.1 Å². The molecule has 0 saturated carbocycles. The lowest BCUT2D eigenvalue weighted by Crippen LogP contribution is -2.45. The molecule has 1 atom stereocenters. The van der Waals surface area contributed by atoms with Gasteiger partial charge in [0.25, 0.3) is 0 Å². The molecule has 1 rings (SSSR count). The Morgan fingerprint density at radius 3 is 2.71 bits per heavy atom. The van der Waals surface area contributed by atoms with Crippen LogP contribution in [0.4, 0.5) is 0 Å². The van der Waals surface area contributed by atoms with Gasteiger partial charge in [0.05, 0.1) is 6.61 Å². The minimum absolute atomic E-state index is 0.108. The third-order valence-corrected chi connectivity index (χ3v) is 3.66. The first kappa shape index (κ1) is 14.5. The summed E-state index contributed by atoms with van der Waals surface area (Å²) in [5.41, 5.74) is 0.723. The van der Waals surface area contributed by atoms with E-state index in [1.165, 1.54) is 0 Å². The third-order valence-electron chi connectivity index (χ3n) is 2.89. The van der Waals surface area contributed by atoms with E-state index in [0.717, 1.165) is 22.9 Å². The molecule has 0 aliphatic heterocycles. The zero-order valence-corrected chi connectivity index (χ0v) is 11.9. The van der Waals surface area contributed by atoms with Crippen molar-refractivity contribution in [2.75, 3.05) is 6.61 Å². The second-order valence-corrected chi connectivity index (χ2v) is 5.45. The quantitative estimate of drug-likeness (QED) is 0.757. The van der Waals surface area contributed by atoms with E-state index in [4.69, 9.17) is 0 Å². The molecule has 0 aliphatic carbocycles. The molecule has 0 amide bonds. The van der Waals surface area contributed by atoms with Crippen LogP contribution >= 0.6 is 15.9 Å². The summed E-state index contributed by atoms with van der Waals surface area (Å²) in [6, 6.07) is 5.19. The third kappa shape index (κ3) is 4.30. The molecule has 0 aliphatic rings. The van der Waals surface area contributed by atoms with Crippen LogP contribution in [-0.2, 0) is 6.54 Å². The smallest absolute Gasteiger partial charge is 0.115 e. The maximum Gasteiger partial charge on any atom is 0.115 e. The Balaban J connectivity index is 2.68. The number of hydrogen-bond donors (Lipinski definition) is 3. The molecular formula is C13H20BrNO2. The van der Waals surface area contributed by atoms with Crippen molar-refractivity contribution in [1.29, 1.82) is 0 Å². The molecular weight excluding hydrogens is 282 g/mol. The topological polar surface area (TPSA) is 52.5 Å². The Morgan fingerprint density at radius 1 is 1.41 bits per heavy atom. The molecule has 17 heavy (non-hydrogen) atoms. The highest BCUT2D eigenvalue weighted by molar-refractivity contribution is 9.10. The lowest BCUT2D eigenvalue weighted by atomic mass is 9.97. The van der Waals surface area contributed by atoms with Gasteiger partial charge < -0.3 is 15.5 Å². The van der Waals surface area contributed by atoms with Gasteiger partial charge in [-0.15, -0.1) is 0 Å². The van der Waals surface area contributed by atoms with Gasteiger partial charge in [0.2, 0.25) is 0 Å². The first-order valence-electron chi connectivity index (χ1n) is 5.84. The lowest BCUT2D eigenvalue weighted by molar-refractivity contribution is 0.163. The second-order valence-electron chi connectivity index (χ2n) is 4.60. The Bertz CT molecular complexity index is 370. The predicted octanol–water partition coefficient (Wildman–Crippen LogP) is 2.80. The summed E-state index contributed by atoms with van der Waals surface area (Å²) in [6.45, 7) is 4.83. The van der Waals surface area contributed by atoms with E-state index >= 15 is 0 Å². The number of halogens is 1. The minimum Gasteiger partial charge on any atom is -0.508 e. The summed E-state index contributed by atoms with van der Waals surface area (Å²) < 4.78 is 0.958. The molecule has 1 aromatic rings. The highest BCUT2D eigenvalue weighted by atomic mass is 79.9. The molecule has 3 N–H and O–H groups in total. The van der Waals surface area contributed by atoms with E-state index in [1.807, 2.05) is 13.0 Å². The van der Waals surface area contributed by atoms with Crippen LogP contribution in [0.15, 0.2) is 22.7 Å². The van der Waals surface area contributed by atoms with Crippen molar-refractivity contribution in [3.05, 3.63) is 28.2 Å². The zero-order chi connectivity index (χ0) is 12.9. The Labute approximate surface area is 111 Å². The molecule has 0 heterocycles. The van der Waals surface area contributed by atoms with Crippen LogP contribution in [0, 0.1) is 0 Å². The standard InChI is InChI=1S/C13H20BrNO2/c1-3-6-13(2,9-16)15-8-10-7-11(17)4-5-12(10)14/h4-5,7,15-17H,3,6,8-9H2,1-2H3. The van der Waals surface area contributed by atoms with E-state index in [0.29, 0.717) is 6.54 Å². The van der Waals surface area contributed by atoms with E-state index in [-0.39, 0.29) is 17.9 Å². The molecule has 0 radical (unpaired) electrons. The van der Waals surface area contributed by atoms with Gasteiger partial charge >= 0.3 is 0 Å². The molecule has 0 bridgehead atoms. The molecule has 0 spiro atoms. The van der Waals surface area contributed by atoms with Crippen molar-refractivity contribution in [1.82, 2.24) is 5.32 Å². The van der Waals surface area contributed by atoms with E-state index in [9.17, 15) is 10.2 Å². The van der Waals surface area contributed by atoms with Gasteiger partial charge in [-0.25, -0.2) is 0 Å². The average molecular weight is 302 g/mol.